The lowest BCUT2D eigenvalue weighted by Crippen LogP contribution is -2.37. The third-order valence-electron chi connectivity index (χ3n) is 6.29. The number of carbonyl (C=O) groups is 1. The van der Waals surface area contributed by atoms with Crippen LogP contribution in [0.25, 0.3) is 10.9 Å². The van der Waals surface area contributed by atoms with E-state index in [-0.39, 0.29) is 5.91 Å². The number of amides is 1. The van der Waals surface area contributed by atoms with E-state index in [2.05, 4.69) is 20.5 Å². The lowest BCUT2D eigenvalue weighted by Gasteiger charge is -2.29. The Kier molecular flexibility index (Phi) is 6.91. The van der Waals surface area contributed by atoms with E-state index in [0.29, 0.717) is 17.1 Å². The molecule has 0 bridgehead atoms. The van der Waals surface area contributed by atoms with Crippen molar-refractivity contribution < 1.29 is 4.79 Å². The van der Waals surface area contributed by atoms with Gasteiger partial charge in [0.05, 0.1) is 5.52 Å². The molecule has 2 N–H and O–H groups in total. The molecule has 0 saturated carbocycles. The number of benzene rings is 3. The van der Waals surface area contributed by atoms with E-state index in [1.54, 1.807) is 6.07 Å². The van der Waals surface area contributed by atoms with Crippen LogP contribution in [0.15, 0.2) is 66.7 Å². The van der Waals surface area contributed by atoms with Crippen LogP contribution < -0.4 is 10.6 Å². The maximum absolute atomic E-state index is 12.8. The molecule has 1 aliphatic heterocycles. The van der Waals surface area contributed by atoms with Gasteiger partial charge in [0.15, 0.2) is 0 Å². The van der Waals surface area contributed by atoms with Crippen LogP contribution in [-0.4, -0.2) is 35.4 Å². The van der Waals surface area contributed by atoms with E-state index < -0.39 is 0 Å². The van der Waals surface area contributed by atoms with Gasteiger partial charge in [-0.25, -0.2) is 0 Å². The summed E-state index contributed by atoms with van der Waals surface area (Å²) in [5, 5.41) is 8.95. The largest absolute Gasteiger partial charge is 0.355 e. The molecule has 3 aromatic carbocycles. The summed E-state index contributed by atoms with van der Waals surface area (Å²) < 4.78 is 0. The van der Waals surface area contributed by atoms with Crippen molar-refractivity contribution in [3.8, 4) is 0 Å². The number of aryl methyl sites for hydroxylation is 1. The smallest absolute Gasteiger partial charge is 0.251 e. The van der Waals surface area contributed by atoms with Gasteiger partial charge in [0.25, 0.3) is 5.91 Å². The molecular formula is C28H26Cl2N4O. The van der Waals surface area contributed by atoms with E-state index in [1.807, 2.05) is 67.6 Å². The van der Waals surface area contributed by atoms with Gasteiger partial charge < -0.3 is 10.6 Å². The number of pyridine rings is 1. The molecule has 0 radical (unpaired) electrons. The predicted octanol–water partition coefficient (Wildman–Crippen LogP) is 6.38. The molecule has 0 saturated heterocycles. The summed E-state index contributed by atoms with van der Waals surface area (Å²) in [6.45, 7) is 4.99. The summed E-state index contributed by atoms with van der Waals surface area (Å²) in [5.74, 6) is -0.0899. The molecule has 1 aliphatic rings. The molecule has 0 spiro atoms. The molecule has 1 amide bonds. The number of halogens is 2. The van der Waals surface area contributed by atoms with E-state index in [0.717, 1.165) is 64.6 Å². The fourth-order valence-electron chi connectivity index (χ4n) is 4.59. The quantitative estimate of drug-likeness (QED) is 0.319. The molecule has 0 unspecified atom stereocenters. The van der Waals surface area contributed by atoms with Gasteiger partial charge in [-0.05, 0) is 66.9 Å². The third kappa shape index (κ3) is 5.43. The molecule has 5 rings (SSSR count). The third-order valence-corrected chi connectivity index (χ3v) is 6.84. The highest BCUT2D eigenvalue weighted by Crippen LogP contribution is 2.30. The lowest BCUT2D eigenvalue weighted by molar-refractivity contribution is 0.0947. The van der Waals surface area contributed by atoms with Gasteiger partial charge in [-0.3, -0.25) is 14.7 Å². The second-order valence-electron chi connectivity index (χ2n) is 8.84. The van der Waals surface area contributed by atoms with E-state index >= 15 is 0 Å². The summed E-state index contributed by atoms with van der Waals surface area (Å²) in [5.41, 5.74) is 6.66. The summed E-state index contributed by atoms with van der Waals surface area (Å²) in [6, 6.07) is 21.4. The molecule has 5 nitrogen and oxygen atoms in total. The van der Waals surface area contributed by atoms with E-state index in [9.17, 15) is 4.79 Å². The van der Waals surface area contributed by atoms with Crippen molar-refractivity contribution >= 4 is 51.4 Å². The number of carbonyl (C=O) groups excluding carboxylic acids is 1. The number of rotatable bonds is 6. The molecule has 0 aliphatic carbocycles. The normalized spacial score (nSPS) is 13.5. The number of hydrogen-bond donors (Lipinski definition) is 2. The maximum atomic E-state index is 12.8. The fourth-order valence-corrected chi connectivity index (χ4v) is 5.22. The van der Waals surface area contributed by atoms with E-state index in [4.69, 9.17) is 23.2 Å². The monoisotopic (exact) mass is 504 g/mol. The van der Waals surface area contributed by atoms with Crippen LogP contribution in [0.4, 0.5) is 11.4 Å². The Hall–Kier alpha value is -3.12. The first-order chi connectivity index (χ1) is 17.0. The maximum Gasteiger partial charge on any atom is 0.251 e. The highest BCUT2D eigenvalue weighted by molar-refractivity contribution is 6.35. The van der Waals surface area contributed by atoms with E-state index in [1.165, 1.54) is 5.56 Å². The predicted molar refractivity (Wildman–Crippen MR) is 144 cm³/mol. The Labute approximate surface area is 215 Å². The Morgan fingerprint density at radius 3 is 2.80 bits per heavy atom. The van der Waals surface area contributed by atoms with Gasteiger partial charge in [-0.15, -0.1) is 0 Å². The van der Waals surface area contributed by atoms with Gasteiger partial charge in [0.2, 0.25) is 0 Å². The van der Waals surface area contributed by atoms with Gasteiger partial charge in [-0.2, -0.15) is 0 Å². The molecule has 2 heterocycles. The summed E-state index contributed by atoms with van der Waals surface area (Å²) in [7, 11) is 0. The standard InChI is InChI=1S/C28H26Cl2N4O/c1-18-13-27(24-7-2-3-8-26(24)32-18)33-22-6-4-5-19(15-22)28(35)31-10-12-34-11-9-23-20(17-34)14-21(29)16-25(23)30/h2-8,13-16H,9-12,17H2,1H3,(H,31,35)(H,32,33). The SMILES string of the molecule is Cc1cc(Nc2cccc(C(=O)NCCN3CCc4c(Cl)cc(Cl)cc4C3)c2)c2ccccc2n1. The number of para-hydroxylation sites is 1. The Morgan fingerprint density at radius 1 is 1.06 bits per heavy atom. The zero-order valence-corrected chi connectivity index (χ0v) is 21.0. The minimum atomic E-state index is -0.0899. The van der Waals surface area contributed by atoms with Crippen molar-refractivity contribution in [3.63, 3.8) is 0 Å². The van der Waals surface area contributed by atoms with Crippen LogP contribution in [0.2, 0.25) is 10.0 Å². The van der Waals surface area contributed by atoms with Gasteiger partial charge in [0.1, 0.15) is 0 Å². The summed E-state index contributed by atoms with van der Waals surface area (Å²) >= 11 is 12.5. The number of nitrogens with one attached hydrogen (secondary N) is 2. The Bertz CT molecular complexity index is 1410. The van der Waals surface area contributed by atoms with Crippen LogP contribution in [0.5, 0.6) is 0 Å². The van der Waals surface area contributed by atoms with Gasteiger partial charge in [0, 0.05) is 64.2 Å². The number of nitrogens with zero attached hydrogens (tertiary/aromatic N) is 2. The van der Waals surface area contributed by atoms with Crippen LogP contribution in [0.1, 0.15) is 27.2 Å². The van der Waals surface area contributed by atoms with Crippen molar-refractivity contribution in [2.75, 3.05) is 25.0 Å². The van der Waals surface area contributed by atoms with Crippen LogP contribution in [0.3, 0.4) is 0 Å². The molecule has 0 fully saturated rings. The van der Waals surface area contributed by atoms with Crippen molar-refractivity contribution in [1.29, 1.82) is 0 Å². The zero-order chi connectivity index (χ0) is 24.4. The van der Waals surface area contributed by atoms with Crippen molar-refractivity contribution in [3.05, 3.63) is 99.2 Å². The van der Waals surface area contributed by atoms with Gasteiger partial charge in [-0.1, -0.05) is 47.5 Å². The number of anilines is 2. The minimum absolute atomic E-state index is 0.0899. The zero-order valence-electron chi connectivity index (χ0n) is 19.4. The number of aromatic nitrogens is 1. The second-order valence-corrected chi connectivity index (χ2v) is 9.69. The highest BCUT2D eigenvalue weighted by Gasteiger charge is 2.19. The first-order valence-corrected chi connectivity index (χ1v) is 12.4. The van der Waals surface area contributed by atoms with Crippen molar-refractivity contribution in [2.24, 2.45) is 0 Å². The molecule has 0 atom stereocenters. The second kappa shape index (κ2) is 10.2. The van der Waals surface area contributed by atoms with Crippen LogP contribution >= 0.6 is 23.2 Å². The lowest BCUT2D eigenvalue weighted by atomic mass is 10.00. The molecule has 35 heavy (non-hydrogen) atoms. The number of hydrogen-bond acceptors (Lipinski definition) is 4. The summed E-state index contributed by atoms with van der Waals surface area (Å²) in [4.78, 5) is 19.7. The first kappa shape index (κ1) is 23.6. The molecule has 1 aromatic heterocycles. The van der Waals surface area contributed by atoms with Gasteiger partial charge >= 0.3 is 0 Å². The average Bonchev–Trinajstić information content (AvgIpc) is 2.84. The Balaban J connectivity index is 1.21. The average molecular weight is 505 g/mol. The molecule has 7 heteroatoms. The molecule has 178 valence electrons. The number of fused-ring (bicyclic) bond motifs is 2. The Morgan fingerprint density at radius 2 is 1.91 bits per heavy atom. The fraction of sp³-hybridized carbons (Fsp3) is 0.214. The summed E-state index contributed by atoms with van der Waals surface area (Å²) in [6.07, 6.45) is 0.885. The van der Waals surface area contributed by atoms with Crippen LogP contribution in [-0.2, 0) is 13.0 Å². The van der Waals surface area contributed by atoms with Crippen LogP contribution in [0, 0.1) is 6.92 Å². The first-order valence-electron chi connectivity index (χ1n) is 11.7. The molecular weight excluding hydrogens is 479 g/mol. The highest BCUT2D eigenvalue weighted by atomic mass is 35.5. The van der Waals surface area contributed by atoms with Crippen molar-refractivity contribution in [1.82, 2.24) is 15.2 Å². The molecule has 4 aromatic rings. The topological polar surface area (TPSA) is 57.3 Å². The van der Waals surface area contributed by atoms with Crippen molar-refractivity contribution in [2.45, 2.75) is 19.9 Å². The minimum Gasteiger partial charge on any atom is -0.355 e.